The number of nitrogens with two attached hydrogens (primary N) is 1. The van der Waals surface area contributed by atoms with E-state index in [1.54, 1.807) is 12.1 Å². The van der Waals surface area contributed by atoms with E-state index in [0.717, 1.165) is 34.4 Å². The lowest BCUT2D eigenvalue weighted by atomic mass is 9.98. The van der Waals surface area contributed by atoms with Crippen LogP contribution in [-0.2, 0) is 17.8 Å². The number of carbonyl (C=O) groups excluding carboxylic acids is 1. The van der Waals surface area contributed by atoms with Crippen LogP contribution in [0.2, 0.25) is 0 Å². The van der Waals surface area contributed by atoms with Crippen molar-refractivity contribution >= 4 is 16.9 Å². The highest BCUT2D eigenvalue weighted by molar-refractivity contribution is 5.82. The van der Waals surface area contributed by atoms with Gasteiger partial charge in [-0.05, 0) is 34.4 Å². The third kappa shape index (κ3) is 4.97. The van der Waals surface area contributed by atoms with Crippen molar-refractivity contribution < 1.29 is 14.3 Å². The second-order valence-corrected chi connectivity index (χ2v) is 8.00. The molecule has 0 radical (unpaired) electrons. The Bertz CT molecular complexity index is 1500. The van der Waals surface area contributed by atoms with E-state index in [1.807, 2.05) is 61.5 Å². The number of benzene rings is 2. The minimum absolute atomic E-state index is 0.253. The molecule has 0 atom stereocenters. The molecule has 0 unspecified atom stereocenters. The molecule has 0 aliphatic heterocycles. The molecule has 0 bridgehead atoms. The number of ether oxygens (including phenoxy) is 2. The van der Waals surface area contributed by atoms with Crippen LogP contribution in [-0.4, -0.2) is 43.1 Å². The fourth-order valence-electron chi connectivity index (χ4n) is 3.78. The van der Waals surface area contributed by atoms with E-state index in [9.17, 15) is 4.79 Å². The van der Waals surface area contributed by atoms with Crippen LogP contribution >= 0.6 is 0 Å². The summed E-state index contributed by atoms with van der Waals surface area (Å²) in [7, 11) is 0. The molecular weight excluding hydrogens is 458 g/mol. The van der Waals surface area contributed by atoms with Gasteiger partial charge in [-0.1, -0.05) is 55.5 Å². The third-order valence-corrected chi connectivity index (χ3v) is 5.54. The van der Waals surface area contributed by atoms with Crippen LogP contribution in [0.4, 0.5) is 0 Å². The van der Waals surface area contributed by atoms with Gasteiger partial charge in [0.15, 0.2) is 6.61 Å². The molecule has 0 fully saturated rings. The van der Waals surface area contributed by atoms with Crippen molar-refractivity contribution in [1.29, 1.82) is 0 Å². The number of primary amides is 1. The molecule has 3 N–H and O–H groups in total. The Labute approximate surface area is 206 Å². The Balaban J connectivity index is 1.38. The number of pyridine rings is 2. The lowest BCUT2D eigenvalue weighted by Crippen LogP contribution is -2.20. The van der Waals surface area contributed by atoms with Crippen LogP contribution in [0.1, 0.15) is 18.2 Å². The van der Waals surface area contributed by atoms with E-state index < -0.39 is 5.91 Å². The fourth-order valence-corrected chi connectivity index (χ4v) is 3.78. The van der Waals surface area contributed by atoms with Gasteiger partial charge in [0, 0.05) is 23.4 Å². The van der Waals surface area contributed by atoms with Gasteiger partial charge >= 0.3 is 0 Å². The zero-order chi connectivity index (χ0) is 24.9. The van der Waals surface area contributed by atoms with Crippen molar-refractivity contribution in [3.63, 3.8) is 0 Å². The van der Waals surface area contributed by atoms with Gasteiger partial charge < -0.3 is 15.2 Å². The van der Waals surface area contributed by atoms with Crippen LogP contribution in [0, 0.1) is 0 Å². The van der Waals surface area contributed by atoms with Gasteiger partial charge in [-0.25, -0.2) is 4.98 Å². The number of nitrogens with one attached hydrogen (secondary N) is 1. The lowest BCUT2D eigenvalue weighted by Gasteiger charge is -2.12. The molecule has 3 heterocycles. The molecule has 0 spiro atoms. The smallest absolute Gasteiger partial charge is 0.255 e. The number of rotatable bonds is 9. The Morgan fingerprint density at radius 2 is 1.78 bits per heavy atom. The van der Waals surface area contributed by atoms with E-state index in [1.165, 1.54) is 0 Å². The van der Waals surface area contributed by atoms with Crippen molar-refractivity contribution in [2.45, 2.75) is 20.0 Å². The SMILES string of the molecule is CCc1cc(OCc2ccc(-c3ccccc3-c3nn[nH]n3)cc2)c2nc(OCC(N)=O)ccc2n1. The van der Waals surface area contributed by atoms with Gasteiger partial charge in [0.25, 0.3) is 5.91 Å². The molecule has 2 aromatic carbocycles. The standard InChI is InChI=1S/C26H23N7O3/c1-2-18-13-22(25-21(28-18)11-12-24(29-25)36-15-23(27)34)35-14-16-7-9-17(10-8-16)19-5-3-4-6-20(19)26-30-32-33-31-26/h3-13H,2,14-15H2,1H3,(H2,27,34)(H,30,31,32,33). The molecule has 10 heteroatoms. The summed E-state index contributed by atoms with van der Waals surface area (Å²) in [6.45, 7) is 2.11. The van der Waals surface area contributed by atoms with Gasteiger partial charge in [0.1, 0.15) is 17.9 Å². The van der Waals surface area contributed by atoms with E-state index in [0.29, 0.717) is 29.2 Å². The minimum atomic E-state index is -0.573. The molecule has 36 heavy (non-hydrogen) atoms. The molecule has 1 amide bonds. The maximum atomic E-state index is 11.1. The van der Waals surface area contributed by atoms with E-state index in [-0.39, 0.29) is 12.5 Å². The summed E-state index contributed by atoms with van der Waals surface area (Å²) in [5, 5.41) is 14.4. The van der Waals surface area contributed by atoms with Crippen LogP contribution < -0.4 is 15.2 Å². The van der Waals surface area contributed by atoms with Crippen LogP contribution in [0.5, 0.6) is 11.6 Å². The number of hydrogen-bond acceptors (Lipinski definition) is 8. The zero-order valence-corrected chi connectivity index (χ0v) is 19.5. The van der Waals surface area contributed by atoms with Gasteiger partial charge in [-0.3, -0.25) is 9.78 Å². The van der Waals surface area contributed by atoms with Crippen LogP contribution in [0.25, 0.3) is 33.5 Å². The summed E-state index contributed by atoms with van der Waals surface area (Å²) < 4.78 is 11.5. The topological polar surface area (TPSA) is 142 Å². The second-order valence-electron chi connectivity index (χ2n) is 8.00. The van der Waals surface area contributed by atoms with Crippen LogP contribution in [0.3, 0.4) is 0 Å². The molecule has 0 saturated heterocycles. The largest absolute Gasteiger partial charge is 0.486 e. The van der Waals surface area contributed by atoms with E-state index in [4.69, 9.17) is 15.2 Å². The quantitative estimate of drug-likeness (QED) is 0.326. The van der Waals surface area contributed by atoms with Crippen molar-refractivity contribution in [3.05, 3.63) is 78.0 Å². The highest BCUT2D eigenvalue weighted by atomic mass is 16.5. The van der Waals surface area contributed by atoms with Gasteiger partial charge in [0.05, 0.1) is 5.52 Å². The summed E-state index contributed by atoms with van der Waals surface area (Å²) in [6.07, 6.45) is 0.751. The number of tetrazole rings is 1. The number of nitrogens with zero attached hydrogens (tertiary/aromatic N) is 5. The fraction of sp³-hybridized carbons (Fsp3) is 0.154. The third-order valence-electron chi connectivity index (χ3n) is 5.54. The number of aromatic nitrogens is 6. The van der Waals surface area contributed by atoms with E-state index >= 15 is 0 Å². The Hall–Kier alpha value is -4.86. The molecule has 5 aromatic rings. The molecule has 3 aromatic heterocycles. The molecule has 0 saturated carbocycles. The first-order chi connectivity index (χ1) is 17.6. The number of aryl methyl sites for hydroxylation is 1. The summed E-state index contributed by atoms with van der Waals surface area (Å²) in [5.74, 6) is 0.840. The van der Waals surface area contributed by atoms with Gasteiger partial charge in [-0.2, -0.15) is 5.21 Å². The first-order valence-electron chi connectivity index (χ1n) is 11.4. The molecule has 0 aliphatic carbocycles. The summed E-state index contributed by atoms with van der Waals surface area (Å²) in [6, 6.07) is 21.3. The van der Waals surface area contributed by atoms with Gasteiger partial charge in [0.2, 0.25) is 11.7 Å². The number of hydrogen-bond donors (Lipinski definition) is 2. The predicted octanol–water partition coefficient (Wildman–Crippen LogP) is 3.48. The lowest BCUT2D eigenvalue weighted by molar-refractivity contribution is -0.120. The van der Waals surface area contributed by atoms with Crippen molar-refractivity contribution in [2.24, 2.45) is 5.73 Å². The number of carbonyl (C=O) groups is 1. The number of H-pyrrole nitrogens is 1. The molecule has 180 valence electrons. The van der Waals surface area contributed by atoms with E-state index in [2.05, 4.69) is 30.6 Å². The van der Waals surface area contributed by atoms with Crippen molar-refractivity contribution in [1.82, 2.24) is 30.6 Å². The first kappa shape index (κ1) is 22.9. The van der Waals surface area contributed by atoms with Gasteiger partial charge in [-0.15, -0.1) is 10.2 Å². The number of aromatic amines is 1. The monoisotopic (exact) mass is 481 g/mol. The van der Waals surface area contributed by atoms with Crippen LogP contribution in [0.15, 0.2) is 66.7 Å². The predicted molar refractivity (Wildman–Crippen MR) is 133 cm³/mol. The van der Waals surface area contributed by atoms with Crippen molar-refractivity contribution in [2.75, 3.05) is 6.61 Å². The highest BCUT2D eigenvalue weighted by Crippen LogP contribution is 2.31. The Kier molecular flexibility index (Phi) is 6.48. The summed E-state index contributed by atoms with van der Waals surface area (Å²) in [5.41, 5.74) is 11.2. The molecule has 0 aliphatic rings. The average Bonchev–Trinajstić information content (AvgIpc) is 3.45. The normalized spacial score (nSPS) is 10.9. The Morgan fingerprint density at radius 3 is 2.50 bits per heavy atom. The second kappa shape index (κ2) is 10.2. The maximum absolute atomic E-state index is 11.1. The Morgan fingerprint density at radius 1 is 0.972 bits per heavy atom. The summed E-state index contributed by atoms with van der Waals surface area (Å²) in [4.78, 5) is 20.2. The zero-order valence-electron chi connectivity index (χ0n) is 19.5. The molecule has 10 nitrogen and oxygen atoms in total. The minimum Gasteiger partial charge on any atom is -0.486 e. The maximum Gasteiger partial charge on any atom is 0.255 e. The molecular formula is C26H23N7O3. The number of amides is 1. The number of fused-ring (bicyclic) bond motifs is 1. The first-order valence-corrected chi connectivity index (χ1v) is 11.4. The highest BCUT2D eigenvalue weighted by Gasteiger charge is 2.13. The average molecular weight is 482 g/mol. The summed E-state index contributed by atoms with van der Waals surface area (Å²) >= 11 is 0. The molecule has 5 rings (SSSR count). The van der Waals surface area contributed by atoms with Crippen molar-refractivity contribution in [3.8, 4) is 34.1 Å².